The molecule has 27 heavy (non-hydrogen) atoms. The fraction of sp³-hybridized carbons (Fsp3) is 0.304. The topological polar surface area (TPSA) is 56.6 Å². The average Bonchev–Trinajstić information content (AvgIpc) is 2.67. The molecule has 140 valence electrons. The predicted octanol–water partition coefficient (Wildman–Crippen LogP) is 5.12. The number of nitrogens with one attached hydrogen (secondary N) is 1. The van der Waals surface area contributed by atoms with E-state index in [9.17, 15) is 14.4 Å². The summed E-state index contributed by atoms with van der Waals surface area (Å²) in [6.07, 6.45) is 0.925. The van der Waals surface area contributed by atoms with Crippen LogP contribution in [-0.2, 0) is 18.3 Å². The van der Waals surface area contributed by atoms with E-state index in [2.05, 4.69) is 11.1 Å². The Morgan fingerprint density at radius 3 is 2.59 bits per heavy atom. The number of nitriles is 1. The van der Waals surface area contributed by atoms with Crippen LogP contribution in [0.2, 0.25) is 0 Å². The number of hydrogen-bond acceptors (Lipinski definition) is 2. The first kappa shape index (κ1) is 18.8. The van der Waals surface area contributed by atoms with Gasteiger partial charge in [-0.3, -0.25) is 4.79 Å². The number of rotatable bonds is 4. The normalized spacial score (nSPS) is 13.3. The van der Waals surface area contributed by atoms with Gasteiger partial charge in [0.15, 0.2) is 0 Å². The Hall–Kier alpha value is -2.93. The standard InChI is InChI=1S/C23H23FN2O.H2/c1-5-16-10-17-8-9-19(11-20(17)26-22(16)27)23(4,13-25)12-18-7-6-14(2)15(3)21(18)24;/h6-11H,5,12H2,1-4H3,(H,26,27);1H. The third kappa shape index (κ3) is 3.38. The smallest absolute Gasteiger partial charge is 0.251 e. The van der Waals surface area contributed by atoms with Crippen molar-refractivity contribution < 1.29 is 5.82 Å². The number of hydrogen-bond donors (Lipinski definition) is 1. The van der Waals surface area contributed by atoms with E-state index in [4.69, 9.17) is 0 Å². The summed E-state index contributed by atoms with van der Waals surface area (Å²) in [6.45, 7) is 7.37. The molecule has 0 saturated heterocycles. The minimum atomic E-state index is -0.906. The molecule has 0 radical (unpaired) electrons. The van der Waals surface area contributed by atoms with Crippen molar-refractivity contribution in [3.63, 3.8) is 0 Å². The summed E-state index contributed by atoms with van der Waals surface area (Å²) in [5.74, 6) is -0.252. The van der Waals surface area contributed by atoms with Crippen LogP contribution in [0.5, 0.6) is 0 Å². The van der Waals surface area contributed by atoms with Crippen LogP contribution in [0.1, 0.15) is 43.1 Å². The highest BCUT2D eigenvalue weighted by atomic mass is 19.1. The third-order valence-corrected chi connectivity index (χ3v) is 5.47. The molecule has 2 aromatic carbocycles. The predicted molar refractivity (Wildman–Crippen MR) is 109 cm³/mol. The van der Waals surface area contributed by atoms with Gasteiger partial charge in [-0.1, -0.05) is 31.2 Å². The van der Waals surface area contributed by atoms with Crippen LogP contribution < -0.4 is 5.56 Å². The van der Waals surface area contributed by atoms with E-state index in [0.717, 1.165) is 22.1 Å². The molecule has 1 aromatic heterocycles. The molecule has 0 aliphatic carbocycles. The molecular formula is C23H25FN2O. The minimum Gasteiger partial charge on any atom is -0.322 e. The van der Waals surface area contributed by atoms with E-state index < -0.39 is 5.41 Å². The number of aryl methyl sites for hydroxylation is 2. The zero-order valence-corrected chi connectivity index (χ0v) is 16.1. The van der Waals surface area contributed by atoms with Crippen LogP contribution in [0, 0.1) is 31.0 Å². The first-order valence-electron chi connectivity index (χ1n) is 9.11. The van der Waals surface area contributed by atoms with Gasteiger partial charge in [-0.25, -0.2) is 4.39 Å². The van der Waals surface area contributed by atoms with Gasteiger partial charge in [0.25, 0.3) is 5.56 Å². The lowest BCUT2D eigenvalue weighted by Crippen LogP contribution is -2.24. The summed E-state index contributed by atoms with van der Waals surface area (Å²) in [5.41, 5.74) is 3.20. The summed E-state index contributed by atoms with van der Waals surface area (Å²) in [4.78, 5) is 15.0. The van der Waals surface area contributed by atoms with Gasteiger partial charge in [-0.2, -0.15) is 5.26 Å². The van der Waals surface area contributed by atoms with E-state index in [-0.39, 0.29) is 19.2 Å². The van der Waals surface area contributed by atoms with Crippen molar-refractivity contribution in [3.8, 4) is 6.07 Å². The molecule has 0 aliphatic heterocycles. The second-order valence-corrected chi connectivity index (χ2v) is 7.38. The number of pyridine rings is 1. The highest BCUT2D eigenvalue weighted by molar-refractivity contribution is 5.80. The van der Waals surface area contributed by atoms with E-state index >= 15 is 0 Å². The second kappa shape index (κ2) is 7.00. The maximum Gasteiger partial charge on any atom is 0.251 e. The third-order valence-electron chi connectivity index (χ3n) is 5.47. The maximum atomic E-state index is 14.7. The van der Waals surface area contributed by atoms with Gasteiger partial charge < -0.3 is 4.98 Å². The van der Waals surface area contributed by atoms with Crippen LogP contribution in [0.15, 0.2) is 41.2 Å². The molecular weight excluding hydrogens is 339 g/mol. The summed E-state index contributed by atoms with van der Waals surface area (Å²) < 4.78 is 14.7. The molecule has 0 bridgehead atoms. The molecule has 0 aliphatic rings. The number of aromatic nitrogens is 1. The number of H-pyrrole nitrogens is 1. The molecule has 3 rings (SSSR count). The van der Waals surface area contributed by atoms with Crippen molar-refractivity contribution in [1.82, 2.24) is 4.98 Å². The van der Waals surface area contributed by atoms with Gasteiger partial charge in [0, 0.05) is 12.5 Å². The van der Waals surface area contributed by atoms with Crippen molar-refractivity contribution in [3.05, 3.63) is 80.4 Å². The summed E-state index contributed by atoms with van der Waals surface area (Å²) in [6, 6.07) is 13.5. The largest absolute Gasteiger partial charge is 0.322 e. The number of nitrogens with zero attached hydrogens (tertiary/aromatic N) is 1. The van der Waals surface area contributed by atoms with Crippen LogP contribution in [0.3, 0.4) is 0 Å². The Labute approximate surface area is 160 Å². The number of halogens is 1. The Morgan fingerprint density at radius 2 is 1.93 bits per heavy atom. The lowest BCUT2D eigenvalue weighted by atomic mass is 9.78. The van der Waals surface area contributed by atoms with E-state index in [1.165, 1.54) is 0 Å². The van der Waals surface area contributed by atoms with Crippen LogP contribution in [0.4, 0.5) is 4.39 Å². The molecule has 0 saturated carbocycles. The molecule has 4 heteroatoms. The number of fused-ring (bicyclic) bond motifs is 1. The highest BCUT2D eigenvalue weighted by Crippen LogP contribution is 2.31. The molecule has 0 fully saturated rings. The van der Waals surface area contributed by atoms with Gasteiger partial charge in [0.05, 0.1) is 11.5 Å². The van der Waals surface area contributed by atoms with E-state index in [0.29, 0.717) is 23.1 Å². The fourth-order valence-electron chi connectivity index (χ4n) is 3.41. The zero-order valence-electron chi connectivity index (χ0n) is 16.1. The van der Waals surface area contributed by atoms with E-state index in [1.54, 1.807) is 19.9 Å². The van der Waals surface area contributed by atoms with Gasteiger partial charge >= 0.3 is 0 Å². The van der Waals surface area contributed by atoms with Gasteiger partial charge in [0.1, 0.15) is 5.82 Å². The van der Waals surface area contributed by atoms with Crippen LogP contribution >= 0.6 is 0 Å². The van der Waals surface area contributed by atoms with E-state index in [1.807, 2.05) is 44.2 Å². The molecule has 0 amide bonds. The monoisotopic (exact) mass is 364 g/mol. The maximum absolute atomic E-state index is 14.7. The molecule has 1 N–H and O–H groups in total. The van der Waals surface area contributed by atoms with Crippen molar-refractivity contribution in [2.45, 2.75) is 46.0 Å². The first-order chi connectivity index (χ1) is 12.8. The lowest BCUT2D eigenvalue weighted by Gasteiger charge is -2.23. The SMILES string of the molecule is CCc1cc2ccc(C(C)(C#N)Cc3ccc(C)c(C)c3F)cc2[nH]c1=O.[HH]. The van der Waals surface area contributed by atoms with Gasteiger partial charge in [0.2, 0.25) is 0 Å². The molecule has 3 aromatic rings. The second-order valence-electron chi connectivity index (χ2n) is 7.38. The molecule has 1 unspecified atom stereocenters. The average molecular weight is 364 g/mol. The summed E-state index contributed by atoms with van der Waals surface area (Å²) in [5, 5.41) is 10.8. The highest BCUT2D eigenvalue weighted by Gasteiger charge is 2.29. The molecule has 0 spiro atoms. The minimum absolute atomic E-state index is 0. The van der Waals surface area contributed by atoms with Crippen LogP contribution in [-0.4, -0.2) is 4.98 Å². The molecule has 1 atom stereocenters. The number of aromatic amines is 1. The Bertz CT molecular complexity index is 1130. The Kier molecular flexibility index (Phi) is 4.89. The van der Waals surface area contributed by atoms with Crippen molar-refractivity contribution in [1.29, 1.82) is 5.26 Å². The molecule has 3 nitrogen and oxygen atoms in total. The molecule has 1 heterocycles. The Morgan fingerprint density at radius 1 is 1.19 bits per heavy atom. The fourth-order valence-corrected chi connectivity index (χ4v) is 3.41. The van der Waals surface area contributed by atoms with Crippen molar-refractivity contribution in [2.24, 2.45) is 0 Å². The lowest BCUT2D eigenvalue weighted by molar-refractivity contribution is 0.552. The van der Waals surface area contributed by atoms with Gasteiger partial charge in [-0.05, 0) is 73.4 Å². The first-order valence-corrected chi connectivity index (χ1v) is 9.11. The van der Waals surface area contributed by atoms with Crippen LogP contribution in [0.25, 0.3) is 10.9 Å². The Balaban J connectivity index is 0.00000280. The van der Waals surface area contributed by atoms with Crippen molar-refractivity contribution in [2.75, 3.05) is 0 Å². The zero-order chi connectivity index (χ0) is 19.8. The quantitative estimate of drug-likeness (QED) is 0.699. The summed E-state index contributed by atoms with van der Waals surface area (Å²) in [7, 11) is 0. The summed E-state index contributed by atoms with van der Waals surface area (Å²) >= 11 is 0. The van der Waals surface area contributed by atoms with Gasteiger partial charge in [-0.15, -0.1) is 0 Å². The number of benzene rings is 2. The van der Waals surface area contributed by atoms with Crippen molar-refractivity contribution >= 4 is 10.9 Å².